The summed E-state index contributed by atoms with van der Waals surface area (Å²) in [6, 6.07) is -0.450. The summed E-state index contributed by atoms with van der Waals surface area (Å²) in [5.41, 5.74) is -0.480. The minimum atomic E-state index is -1.32. The number of H-pyrrole nitrogens is 1. The maximum atomic E-state index is 12.0. The van der Waals surface area contributed by atoms with Crippen molar-refractivity contribution in [1.82, 2.24) is 20.4 Å². The molecule has 8 nitrogen and oxygen atoms in total. The van der Waals surface area contributed by atoms with E-state index in [1.807, 2.05) is 0 Å². The lowest BCUT2D eigenvalue weighted by atomic mass is 9.99. The number of aromatic nitrogens is 2. The van der Waals surface area contributed by atoms with Gasteiger partial charge >= 0.3 is 12.0 Å². The number of aromatic amines is 1. The molecule has 0 aromatic carbocycles. The van der Waals surface area contributed by atoms with E-state index in [-0.39, 0.29) is 13.0 Å². The third-order valence-electron chi connectivity index (χ3n) is 3.10. The fourth-order valence-corrected chi connectivity index (χ4v) is 1.90. The Morgan fingerprint density at radius 1 is 1.68 bits per heavy atom. The van der Waals surface area contributed by atoms with E-state index in [0.29, 0.717) is 13.2 Å². The number of carboxylic acid groups (broad SMARTS) is 1. The van der Waals surface area contributed by atoms with Gasteiger partial charge in [-0.15, -0.1) is 0 Å². The summed E-state index contributed by atoms with van der Waals surface area (Å²) in [7, 11) is 1.59. The Hall–Kier alpha value is -2.09. The van der Waals surface area contributed by atoms with Gasteiger partial charge in [-0.1, -0.05) is 0 Å². The Bertz CT molecular complexity index is 453. The average molecular weight is 268 g/mol. The maximum Gasteiger partial charge on any atom is 0.332 e. The van der Waals surface area contributed by atoms with Crippen LogP contribution < -0.4 is 5.32 Å². The van der Waals surface area contributed by atoms with Crippen molar-refractivity contribution in [2.75, 3.05) is 20.3 Å². The summed E-state index contributed by atoms with van der Waals surface area (Å²) in [5, 5.41) is 18.2. The van der Waals surface area contributed by atoms with Crippen molar-refractivity contribution in [3.8, 4) is 0 Å². The summed E-state index contributed by atoms with van der Waals surface area (Å²) in [5.74, 6) is -1.07. The quantitative estimate of drug-likeness (QED) is 0.700. The monoisotopic (exact) mass is 268 g/mol. The normalized spacial score (nSPS) is 22.2. The van der Waals surface area contributed by atoms with Crippen molar-refractivity contribution < 1.29 is 19.4 Å². The fraction of sp³-hybridized carbons (Fsp3) is 0.545. The topological polar surface area (TPSA) is 108 Å². The molecule has 1 aliphatic rings. The van der Waals surface area contributed by atoms with E-state index in [1.54, 1.807) is 19.4 Å². The van der Waals surface area contributed by atoms with Gasteiger partial charge in [0.05, 0.1) is 19.3 Å². The molecular formula is C11H16N4O4. The maximum absolute atomic E-state index is 12.0. The predicted octanol–water partition coefficient (Wildman–Crippen LogP) is -0.205. The highest BCUT2D eigenvalue weighted by atomic mass is 16.5. The number of aliphatic carboxylic acids is 1. The minimum absolute atomic E-state index is 0.00633. The van der Waals surface area contributed by atoms with E-state index in [4.69, 9.17) is 4.74 Å². The second-order valence-electron chi connectivity index (χ2n) is 4.58. The van der Waals surface area contributed by atoms with E-state index < -0.39 is 17.5 Å². The van der Waals surface area contributed by atoms with Crippen LogP contribution in [0.5, 0.6) is 0 Å². The predicted molar refractivity (Wildman–Crippen MR) is 64.4 cm³/mol. The number of hydrogen-bond donors (Lipinski definition) is 3. The molecule has 8 heteroatoms. The molecule has 0 radical (unpaired) electrons. The lowest BCUT2D eigenvalue weighted by Gasteiger charge is -2.27. The third-order valence-corrected chi connectivity index (χ3v) is 3.10. The molecule has 2 rings (SSSR count). The number of carbonyl (C=O) groups is 2. The number of rotatable bonds is 4. The Balaban J connectivity index is 1.97. The summed E-state index contributed by atoms with van der Waals surface area (Å²) < 4.78 is 5.08. The number of nitrogens with zero attached hydrogens (tertiary/aromatic N) is 2. The number of amides is 2. The van der Waals surface area contributed by atoms with Crippen LogP contribution in [0, 0.1) is 0 Å². The average Bonchev–Trinajstić information content (AvgIpc) is 3.00. The molecule has 1 fully saturated rings. The zero-order valence-electron chi connectivity index (χ0n) is 10.5. The first-order chi connectivity index (χ1) is 9.03. The van der Waals surface area contributed by atoms with Crippen LogP contribution in [0.1, 0.15) is 12.0 Å². The molecule has 0 bridgehead atoms. The SMILES string of the molecule is CN(Cc1cn[nH]c1)C(=O)NC1(C(=O)O)CCOC1. The van der Waals surface area contributed by atoms with E-state index in [2.05, 4.69) is 15.5 Å². The van der Waals surface area contributed by atoms with Crippen molar-refractivity contribution in [2.24, 2.45) is 0 Å². The number of urea groups is 1. The van der Waals surface area contributed by atoms with E-state index in [9.17, 15) is 14.7 Å². The molecule has 2 amide bonds. The van der Waals surface area contributed by atoms with Crippen molar-refractivity contribution in [2.45, 2.75) is 18.5 Å². The molecule has 19 heavy (non-hydrogen) atoms. The molecule has 1 aromatic heterocycles. The van der Waals surface area contributed by atoms with Gasteiger partial charge in [-0.05, 0) is 0 Å². The summed E-state index contributed by atoms with van der Waals surface area (Å²) in [6.07, 6.45) is 3.55. The van der Waals surface area contributed by atoms with E-state index in [0.717, 1.165) is 5.56 Å². The molecule has 1 unspecified atom stereocenters. The first kappa shape index (κ1) is 13.3. The smallest absolute Gasteiger partial charge is 0.332 e. The van der Waals surface area contributed by atoms with Gasteiger partial charge in [0.25, 0.3) is 0 Å². The van der Waals surface area contributed by atoms with Gasteiger partial charge in [0, 0.05) is 31.8 Å². The zero-order valence-corrected chi connectivity index (χ0v) is 10.5. The van der Waals surface area contributed by atoms with Gasteiger partial charge in [-0.2, -0.15) is 5.10 Å². The first-order valence-electron chi connectivity index (χ1n) is 5.85. The van der Waals surface area contributed by atoms with E-state index in [1.165, 1.54) is 4.90 Å². The van der Waals surface area contributed by atoms with Crippen LogP contribution in [0.3, 0.4) is 0 Å². The molecule has 1 aromatic rings. The highest BCUT2D eigenvalue weighted by Gasteiger charge is 2.44. The van der Waals surface area contributed by atoms with Crippen molar-refractivity contribution in [1.29, 1.82) is 0 Å². The molecule has 0 spiro atoms. The number of hydrogen-bond acceptors (Lipinski definition) is 4. The Morgan fingerprint density at radius 3 is 3.00 bits per heavy atom. The molecule has 104 valence electrons. The second kappa shape index (κ2) is 5.27. The summed E-state index contributed by atoms with van der Waals surface area (Å²) >= 11 is 0. The van der Waals surface area contributed by atoms with Crippen molar-refractivity contribution in [3.05, 3.63) is 18.0 Å². The molecule has 1 atom stereocenters. The number of ether oxygens (including phenoxy) is 1. The third kappa shape index (κ3) is 2.84. The summed E-state index contributed by atoms with van der Waals surface area (Å²) in [4.78, 5) is 24.7. The van der Waals surface area contributed by atoms with Gasteiger partial charge in [-0.25, -0.2) is 9.59 Å². The van der Waals surface area contributed by atoms with Crippen LogP contribution in [0.2, 0.25) is 0 Å². The Kier molecular flexibility index (Phi) is 3.70. The van der Waals surface area contributed by atoms with Crippen molar-refractivity contribution in [3.63, 3.8) is 0 Å². The Morgan fingerprint density at radius 2 is 2.47 bits per heavy atom. The van der Waals surface area contributed by atoms with Crippen LogP contribution in [-0.4, -0.2) is 58.0 Å². The van der Waals surface area contributed by atoms with Gasteiger partial charge in [0.2, 0.25) is 0 Å². The molecule has 1 aliphatic heterocycles. The van der Waals surface area contributed by atoms with Crippen LogP contribution in [0.4, 0.5) is 4.79 Å². The number of nitrogens with one attached hydrogen (secondary N) is 2. The van der Waals surface area contributed by atoms with E-state index >= 15 is 0 Å². The number of carbonyl (C=O) groups excluding carboxylic acids is 1. The lowest BCUT2D eigenvalue weighted by molar-refractivity contribution is -0.144. The van der Waals surface area contributed by atoms with Crippen LogP contribution in [0.15, 0.2) is 12.4 Å². The van der Waals surface area contributed by atoms with Crippen molar-refractivity contribution >= 4 is 12.0 Å². The fourth-order valence-electron chi connectivity index (χ4n) is 1.90. The standard InChI is InChI=1S/C11H16N4O4/c1-15(6-8-4-12-13-5-8)10(18)14-11(9(16)17)2-3-19-7-11/h4-5H,2-3,6-7H2,1H3,(H,12,13)(H,14,18)(H,16,17). The van der Waals surface area contributed by atoms with Crippen LogP contribution in [-0.2, 0) is 16.1 Å². The zero-order chi connectivity index (χ0) is 13.9. The second-order valence-corrected chi connectivity index (χ2v) is 4.58. The van der Waals surface area contributed by atoms with Crippen LogP contribution >= 0.6 is 0 Å². The molecule has 0 aliphatic carbocycles. The first-order valence-corrected chi connectivity index (χ1v) is 5.85. The molecule has 3 N–H and O–H groups in total. The van der Waals surface area contributed by atoms with Gasteiger partial charge in [0.15, 0.2) is 5.54 Å². The highest BCUT2D eigenvalue weighted by Crippen LogP contribution is 2.19. The van der Waals surface area contributed by atoms with Gasteiger partial charge < -0.3 is 20.1 Å². The minimum Gasteiger partial charge on any atom is -0.479 e. The largest absolute Gasteiger partial charge is 0.479 e. The molecule has 0 saturated carbocycles. The van der Waals surface area contributed by atoms with Crippen LogP contribution in [0.25, 0.3) is 0 Å². The van der Waals surface area contributed by atoms with Gasteiger partial charge in [-0.3, -0.25) is 5.10 Å². The molecule has 2 heterocycles. The lowest BCUT2D eigenvalue weighted by Crippen LogP contribution is -2.57. The molecular weight excluding hydrogens is 252 g/mol. The number of carboxylic acids is 1. The Labute approximate surface area is 109 Å². The summed E-state index contributed by atoms with van der Waals surface area (Å²) in [6.45, 7) is 0.671. The highest BCUT2D eigenvalue weighted by molar-refractivity contribution is 5.86. The molecule has 1 saturated heterocycles. The van der Waals surface area contributed by atoms with Gasteiger partial charge in [0.1, 0.15) is 0 Å².